The topological polar surface area (TPSA) is 13.1 Å². The first kappa shape index (κ1) is 26.1. The molecule has 218 valence electrons. The first-order valence-electron chi connectivity index (χ1n) is 16.2. The lowest BCUT2D eigenvalue weighted by atomic mass is 9.85. The van der Waals surface area contributed by atoms with E-state index in [0.717, 1.165) is 27.5 Å². The van der Waals surface area contributed by atoms with Gasteiger partial charge in [0.2, 0.25) is 0 Å². The molecule has 0 amide bonds. The largest absolute Gasteiger partial charge is 0.455 e. The van der Waals surface area contributed by atoms with Gasteiger partial charge >= 0.3 is 0 Å². The number of fused-ring (bicyclic) bond motifs is 7. The number of para-hydroxylation sites is 2. The van der Waals surface area contributed by atoms with Crippen LogP contribution in [-0.4, -0.2) is 0 Å². The Kier molecular flexibility index (Phi) is 5.64. The highest BCUT2D eigenvalue weighted by atomic mass is 16.3. The third-order valence-corrected chi connectivity index (χ3v) is 9.87. The first-order chi connectivity index (χ1) is 23.3. The lowest BCUT2D eigenvalue weighted by Gasteiger charge is -2.18. The van der Waals surface area contributed by atoms with Crippen LogP contribution in [0.3, 0.4) is 0 Å². The molecule has 0 atom stereocenters. The van der Waals surface area contributed by atoms with Crippen LogP contribution in [0.1, 0.15) is 0 Å². The average Bonchev–Trinajstić information content (AvgIpc) is 3.52. The first-order valence-corrected chi connectivity index (χ1v) is 16.2. The second kappa shape index (κ2) is 10.2. The van der Waals surface area contributed by atoms with E-state index in [0.29, 0.717) is 0 Å². The van der Waals surface area contributed by atoms with Gasteiger partial charge in [-0.1, -0.05) is 158 Å². The minimum Gasteiger partial charge on any atom is -0.455 e. The van der Waals surface area contributed by atoms with E-state index < -0.39 is 0 Å². The predicted molar refractivity (Wildman–Crippen MR) is 200 cm³/mol. The molecule has 1 nitrogen and oxygen atoms in total. The van der Waals surface area contributed by atoms with Crippen LogP contribution in [0.15, 0.2) is 174 Å². The van der Waals surface area contributed by atoms with E-state index in [4.69, 9.17) is 4.42 Å². The van der Waals surface area contributed by atoms with Crippen LogP contribution in [0.2, 0.25) is 0 Å². The van der Waals surface area contributed by atoms with E-state index in [1.54, 1.807) is 0 Å². The van der Waals surface area contributed by atoms with Crippen molar-refractivity contribution < 1.29 is 4.42 Å². The molecule has 0 spiro atoms. The van der Waals surface area contributed by atoms with Crippen molar-refractivity contribution in [3.05, 3.63) is 170 Å². The molecule has 0 radical (unpaired) electrons. The molecule has 1 heterocycles. The summed E-state index contributed by atoms with van der Waals surface area (Å²) in [6.07, 6.45) is 0. The van der Waals surface area contributed by atoms with Crippen molar-refractivity contribution in [3.63, 3.8) is 0 Å². The summed E-state index contributed by atoms with van der Waals surface area (Å²) in [6, 6.07) is 61.6. The highest BCUT2D eigenvalue weighted by Gasteiger charge is 2.20. The Morgan fingerprint density at radius 3 is 1.28 bits per heavy atom. The highest BCUT2D eigenvalue weighted by Crippen LogP contribution is 2.47. The molecule has 0 N–H and O–H groups in total. The van der Waals surface area contributed by atoms with Gasteiger partial charge in [0.25, 0.3) is 0 Å². The summed E-state index contributed by atoms with van der Waals surface area (Å²) in [5, 5.41) is 12.2. The van der Waals surface area contributed by atoms with Crippen molar-refractivity contribution >= 4 is 65.0 Å². The fourth-order valence-corrected chi connectivity index (χ4v) is 7.79. The molecule has 10 rings (SSSR count). The predicted octanol–water partition coefficient (Wildman–Crippen LogP) is 13.2. The van der Waals surface area contributed by atoms with Crippen LogP contribution in [0.25, 0.3) is 98.4 Å². The van der Waals surface area contributed by atoms with Crippen LogP contribution in [-0.2, 0) is 0 Å². The Morgan fingerprint density at radius 2 is 0.681 bits per heavy atom. The van der Waals surface area contributed by atoms with Gasteiger partial charge in [-0.05, 0) is 77.5 Å². The summed E-state index contributed by atoms with van der Waals surface area (Å²) < 4.78 is 6.68. The second-order valence-electron chi connectivity index (χ2n) is 12.4. The summed E-state index contributed by atoms with van der Waals surface area (Å²) in [5.41, 5.74) is 9.08. The third-order valence-electron chi connectivity index (χ3n) is 9.87. The Morgan fingerprint density at radius 1 is 0.277 bits per heavy atom. The summed E-state index contributed by atoms with van der Waals surface area (Å²) in [7, 11) is 0. The van der Waals surface area contributed by atoms with E-state index in [9.17, 15) is 0 Å². The number of benzene rings is 9. The van der Waals surface area contributed by atoms with Crippen molar-refractivity contribution in [1.29, 1.82) is 0 Å². The molecule has 10 aromatic rings. The number of furan rings is 1. The fourth-order valence-electron chi connectivity index (χ4n) is 7.79. The summed E-state index contributed by atoms with van der Waals surface area (Å²) in [4.78, 5) is 0. The lowest BCUT2D eigenvalue weighted by Crippen LogP contribution is -1.92. The van der Waals surface area contributed by atoms with Crippen LogP contribution >= 0.6 is 0 Å². The molecule has 0 fully saturated rings. The average molecular weight is 597 g/mol. The molecule has 1 aromatic heterocycles. The Labute approximate surface area is 271 Å². The summed E-state index contributed by atoms with van der Waals surface area (Å²) >= 11 is 0. The lowest BCUT2D eigenvalue weighted by molar-refractivity contribution is 0.670. The Hall–Kier alpha value is -6.18. The second-order valence-corrected chi connectivity index (χ2v) is 12.4. The van der Waals surface area contributed by atoms with E-state index in [1.807, 2.05) is 6.07 Å². The fraction of sp³-hybridized carbons (Fsp3) is 0. The molecule has 9 aromatic carbocycles. The van der Waals surface area contributed by atoms with Gasteiger partial charge < -0.3 is 4.42 Å². The number of hydrogen-bond donors (Lipinski definition) is 0. The molecule has 0 unspecified atom stereocenters. The molecule has 1 heteroatoms. The van der Waals surface area contributed by atoms with Gasteiger partial charge in [-0.2, -0.15) is 0 Å². The maximum atomic E-state index is 6.68. The molecular weight excluding hydrogens is 569 g/mol. The van der Waals surface area contributed by atoms with Gasteiger partial charge in [0, 0.05) is 21.9 Å². The number of rotatable bonds is 3. The van der Waals surface area contributed by atoms with Gasteiger partial charge in [-0.15, -0.1) is 0 Å². The molecule has 0 aliphatic rings. The molecule has 47 heavy (non-hydrogen) atoms. The quantitative estimate of drug-likeness (QED) is 0.185. The van der Waals surface area contributed by atoms with Gasteiger partial charge in [0.1, 0.15) is 11.2 Å². The van der Waals surface area contributed by atoms with Gasteiger partial charge in [0.05, 0.1) is 0 Å². The zero-order valence-corrected chi connectivity index (χ0v) is 25.6. The van der Waals surface area contributed by atoms with E-state index in [2.05, 4.69) is 164 Å². The maximum absolute atomic E-state index is 6.68. The molecule has 0 aliphatic carbocycles. The van der Waals surface area contributed by atoms with Crippen molar-refractivity contribution in [2.24, 2.45) is 0 Å². The van der Waals surface area contributed by atoms with Gasteiger partial charge in [-0.25, -0.2) is 0 Å². The Bertz CT molecular complexity index is 2700. The summed E-state index contributed by atoms with van der Waals surface area (Å²) in [5.74, 6) is 0. The van der Waals surface area contributed by atoms with Crippen molar-refractivity contribution in [1.82, 2.24) is 0 Å². The highest BCUT2D eigenvalue weighted by molar-refractivity contribution is 6.23. The van der Waals surface area contributed by atoms with Crippen LogP contribution in [0.4, 0.5) is 0 Å². The number of hydrogen-bond acceptors (Lipinski definition) is 1. The minimum absolute atomic E-state index is 0.910. The SMILES string of the molecule is c1ccc2c(-c3cccc4c(-c5cccc6c5oc5ccccc56)c5cccc(-c6cccc7ccccc67)c5cc34)cccc2c1. The molecule has 0 bridgehead atoms. The van der Waals surface area contributed by atoms with Crippen LogP contribution in [0.5, 0.6) is 0 Å². The monoisotopic (exact) mass is 596 g/mol. The molecule has 0 aliphatic heterocycles. The molecule has 0 saturated heterocycles. The van der Waals surface area contributed by atoms with Gasteiger partial charge in [0.15, 0.2) is 0 Å². The van der Waals surface area contributed by atoms with Crippen molar-refractivity contribution in [2.75, 3.05) is 0 Å². The van der Waals surface area contributed by atoms with Crippen molar-refractivity contribution in [2.45, 2.75) is 0 Å². The van der Waals surface area contributed by atoms with Crippen LogP contribution in [0, 0.1) is 0 Å². The maximum Gasteiger partial charge on any atom is 0.143 e. The van der Waals surface area contributed by atoms with Crippen LogP contribution < -0.4 is 0 Å². The Balaban J connectivity index is 1.39. The zero-order valence-electron chi connectivity index (χ0n) is 25.6. The third kappa shape index (κ3) is 3.90. The zero-order chi connectivity index (χ0) is 30.9. The van der Waals surface area contributed by atoms with E-state index in [1.165, 1.54) is 70.9 Å². The van der Waals surface area contributed by atoms with E-state index in [-0.39, 0.29) is 0 Å². The molecular formula is C46H28O. The van der Waals surface area contributed by atoms with Crippen molar-refractivity contribution in [3.8, 4) is 33.4 Å². The van der Waals surface area contributed by atoms with E-state index >= 15 is 0 Å². The smallest absolute Gasteiger partial charge is 0.143 e. The van der Waals surface area contributed by atoms with Gasteiger partial charge in [-0.3, -0.25) is 0 Å². The summed E-state index contributed by atoms with van der Waals surface area (Å²) in [6.45, 7) is 0. The molecule has 0 saturated carbocycles. The normalized spacial score (nSPS) is 11.8. The standard InChI is InChI=1S/C46H28O/c1-3-16-31-29(12-1)14-7-19-33(31)35-21-9-23-38-42(35)28-43-36(34-20-8-15-30-13-2-4-17-32(30)34)22-10-24-39(43)45(38)41-26-11-25-40-37-18-5-6-27-44(37)47-46(40)41/h1-28H. The minimum atomic E-state index is 0.910.